The molecule has 0 fully saturated rings. The van der Waals surface area contributed by atoms with E-state index in [1.807, 2.05) is 12.1 Å². The van der Waals surface area contributed by atoms with Crippen molar-refractivity contribution in [3.05, 3.63) is 92.2 Å². The molecule has 0 aliphatic heterocycles. The Hall–Kier alpha value is -2.63. The predicted molar refractivity (Wildman–Crippen MR) is 105 cm³/mol. The minimum absolute atomic E-state index is 0.192. The second-order valence-electron chi connectivity index (χ2n) is 6.25. The van der Waals surface area contributed by atoms with Gasteiger partial charge in [-0.1, -0.05) is 41.4 Å². The molecule has 0 amide bonds. The molecular weight excluding hydrogens is 388 g/mol. The molecule has 27 heavy (non-hydrogen) atoms. The second-order valence-corrected chi connectivity index (χ2v) is 7.12. The fourth-order valence-corrected chi connectivity index (χ4v) is 3.27. The van der Waals surface area contributed by atoms with Gasteiger partial charge in [0, 0.05) is 39.1 Å². The molecule has 4 rings (SSSR count). The highest BCUT2D eigenvalue weighted by Crippen LogP contribution is 2.22. The van der Waals surface area contributed by atoms with Crippen LogP contribution in [0.5, 0.6) is 0 Å². The summed E-state index contributed by atoms with van der Waals surface area (Å²) in [5, 5.41) is 0.958. The van der Waals surface area contributed by atoms with Crippen molar-refractivity contribution in [1.82, 2.24) is 14.0 Å². The zero-order valence-corrected chi connectivity index (χ0v) is 15.8. The first-order valence-corrected chi connectivity index (χ1v) is 8.97. The fraction of sp³-hybridized carbons (Fsp3) is 0.100. The molecule has 0 N–H and O–H groups in total. The molecule has 2 heterocycles. The SMILES string of the molecule is Cc1cc(=O)n2cc(-c3ccc(Cl)cc3)nc2n1Cc1ccc(Cl)cc1F. The van der Waals surface area contributed by atoms with E-state index in [0.29, 0.717) is 32.8 Å². The third-order valence-corrected chi connectivity index (χ3v) is 4.89. The van der Waals surface area contributed by atoms with Crippen LogP contribution in [0.1, 0.15) is 11.3 Å². The van der Waals surface area contributed by atoms with Crippen LogP contribution in [0, 0.1) is 12.7 Å². The Labute approximate surface area is 164 Å². The molecule has 0 spiro atoms. The largest absolute Gasteiger partial charge is 0.311 e. The number of hydrogen-bond acceptors (Lipinski definition) is 2. The molecule has 4 aromatic rings. The van der Waals surface area contributed by atoms with E-state index in [4.69, 9.17) is 23.2 Å². The maximum atomic E-state index is 14.3. The highest BCUT2D eigenvalue weighted by Gasteiger charge is 2.14. The summed E-state index contributed by atoms with van der Waals surface area (Å²) in [6, 6.07) is 13.3. The molecule has 0 radical (unpaired) electrons. The van der Waals surface area contributed by atoms with Gasteiger partial charge in [-0.15, -0.1) is 0 Å². The van der Waals surface area contributed by atoms with Gasteiger partial charge in [0.05, 0.1) is 12.2 Å². The highest BCUT2D eigenvalue weighted by atomic mass is 35.5. The van der Waals surface area contributed by atoms with E-state index in [1.165, 1.54) is 16.5 Å². The Morgan fingerprint density at radius 3 is 2.44 bits per heavy atom. The van der Waals surface area contributed by atoms with Gasteiger partial charge in [-0.05, 0) is 31.2 Å². The van der Waals surface area contributed by atoms with Crippen molar-refractivity contribution < 1.29 is 4.39 Å². The Bertz CT molecular complexity index is 1210. The third kappa shape index (κ3) is 3.36. The summed E-state index contributed by atoms with van der Waals surface area (Å²) in [5.41, 5.74) is 2.44. The summed E-state index contributed by atoms with van der Waals surface area (Å²) < 4.78 is 17.5. The molecule has 0 atom stereocenters. The Kier molecular flexibility index (Phi) is 4.50. The van der Waals surface area contributed by atoms with Crippen LogP contribution in [-0.2, 0) is 6.54 Å². The summed E-state index contributed by atoms with van der Waals surface area (Å²) in [6.45, 7) is 2.03. The molecule has 7 heteroatoms. The van der Waals surface area contributed by atoms with Gasteiger partial charge in [-0.25, -0.2) is 9.37 Å². The second kappa shape index (κ2) is 6.83. The average molecular weight is 402 g/mol. The van der Waals surface area contributed by atoms with Gasteiger partial charge in [0.1, 0.15) is 5.82 Å². The van der Waals surface area contributed by atoms with Gasteiger partial charge in [-0.3, -0.25) is 9.20 Å². The third-order valence-electron chi connectivity index (χ3n) is 4.41. The smallest absolute Gasteiger partial charge is 0.259 e. The molecule has 0 aliphatic rings. The van der Waals surface area contributed by atoms with Crippen LogP contribution in [-0.4, -0.2) is 14.0 Å². The highest BCUT2D eigenvalue weighted by molar-refractivity contribution is 6.30. The summed E-state index contributed by atoms with van der Waals surface area (Å²) in [4.78, 5) is 17.0. The number of imidazole rings is 1. The molecule has 0 saturated heterocycles. The number of hydrogen-bond donors (Lipinski definition) is 0. The van der Waals surface area contributed by atoms with E-state index in [0.717, 1.165) is 5.56 Å². The van der Waals surface area contributed by atoms with Gasteiger partial charge >= 0.3 is 0 Å². The van der Waals surface area contributed by atoms with E-state index in [1.54, 1.807) is 42.0 Å². The number of fused-ring (bicyclic) bond motifs is 1. The van der Waals surface area contributed by atoms with Crippen LogP contribution in [0.3, 0.4) is 0 Å². The minimum atomic E-state index is -0.400. The zero-order valence-electron chi connectivity index (χ0n) is 14.3. The molecule has 0 bridgehead atoms. The molecule has 4 nitrogen and oxygen atoms in total. The summed E-state index contributed by atoms with van der Waals surface area (Å²) in [5.74, 6) is 0.0440. The van der Waals surface area contributed by atoms with Crippen LogP contribution in [0.25, 0.3) is 17.0 Å². The zero-order chi connectivity index (χ0) is 19.1. The summed E-state index contributed by atoms with van der Waals surface area (Å²) in [7, 11) is 0. The van der Waals surface area contributed by atoms with E-state index in [9.17, 15) is 9.18 Å². The minimum Gasteiger partial charge on any atom is -0.311 e. The Balaban J connectivity index is 1.87. The maximum absolute atomic E-state index is 14.3. The number of halogens is 3. The van der Waals surface area contributed by atoms with Gasteiger partial charge in [0.15, 0.2) is 0 Å². The van der Waals surface area contributed by atoms with Crippen LogP contribution in [0.4, 0.5) is 4.39 Å². The van der Waals surface area contributed by atoms with Crippen molar-refractivity contribution in [3.8, 4) is 11.3 Å². The normalized spacial score (nSPS) is 11.3. The Morgan fingerprint density at radius 1 is 1.04 bits per heavy atom. The van der Waals surface area contributed by atoms with Crippen LogP contribution < -0.4 is 5.56 Å². The van der Waals surface area contributed by atoms with Gasteiger partial charge in [0.25, 0.3) is 5.56 Å². The van der Waals surface area contributed by atoms with Crippen LogP contribution in [0.15, 0.2) is 59.5 Å². The molecule has 2 aromatic heterocycles. The molecule has 0 aliphatic carbocycles. The number of nitrogens with zero attached hydrogens (tertiary/aromatic N) is 3. The van der Waals surface area contributed by atoms with E-state index < -0.39 is 5.82 Å². The molecular formula is C20H14Cl2FN3O. The van der Waals surface area contributed by atoms with Crippen molar-refractivity contribution in [1.29, 1.82) is 0 Å². The first kappa shape index (κ1) is 17.8. The number of aromatic nitrogens is 3. The molecule has 2 aromatic carbocycles. The van der Waals surface area contributed by atoms with E-state index >= 15 is 0 Å². The fourth-order valence-electron chi connectivity index (χ4n) is 2.98. The quantitative estimate of drug-likeness (QED) is 0.486. The topological polar surface area (TPSA) is 39.3 Å². The van der Waals surface area contributed by atoms with Gasteiger partial charge in [-0.2, -0.15) is 0 Å². The number of rotatable bonds is 3. The van der Waals surface area contributed by atoms with Gasteiger partial charge in [0.2, 0.25) is 5.78 Å². The molecule has 136 valence electrons. The van der Waals surface area contributed by atoms with E-state index in [2.05, 4.69) is 4.98 Å². The lowest BCUT2D eigenvalue weighted by molar-refractivity contribution is 0.597. The van der Waals surface area contributed by atoms with Crippen molar-refractivity contribution in [2.24, 2.45) is 0 Å². The van der Waals surface area contributed by atoms with Crippen molar-refractivity contribution in [2.75, 3.05) is 0 Å². The van der Waals surface area contributed by atoms with Crippen LogP contribution in [0.2, 0.25) is 10.0 Å². The number of benzene rings is 2. The molecule has 0 unspecified atom stereocenters. The lowest BCUT2D eigenvalue weighted by Gasteiger charge is -2.12. The molecule has 0 saturated carbocycles. The summed E-state index contributed by atoms with van der Waals surface area (Å²) in [6.07, 6.45) is 1.68. The lowest BCUT2D eigenvalue weighted by Crippen LogP contribution is -2.19. The maximum Gasteiger partial charge on any atom is 0.259 e. The van der Waals surface area contributed by atoms with Crippen molar-refractivity contribution in [2.45, 2.75) is 13.5 Å². The summed E-state index contributed by atoms with van der Waals surface area (Å²) >= 11 is 11.8. The first-order valence-electron chi connectivity index (χ1n) is 8.22. The lowest BCUT2D eigenvalue weighted by atomic mass is 10.2. The first-order chi connectivity index (χ1) is 12.9. The number of aryl methyl sites for hydroxylation is 1. The monoisotopic (exact) mass is 401 g/mol. The predicted octanol–water partition coefficient (Wildman–Crippen LogP) is 4.97. The Morgan fingerprint density at radius 2 is 1.74 bits per heavy atom. The van der Waals surface area contributed by atoms with Gasteiger partial charge < -0.3 is 4.57 Å². The van der Waals surface area contributed by atoms with Crippen molar-refractivity contribution in [3.63, 3.8) is 0 Å². The standard InChI is InChI=1S/C20H14Cl2FN3O/c1-12-8-19(27)26-11-18(13-2-5-15(21)6-3-13)24-20(26)25(12)10-14-4-7-16(22)9-17(14)23/h2-9,11H,10H2,1H3. The van der Waals surface area contributed by atoms with Crippen LogP contribution >= 0.6 is 23.2 Å². The average Bonchev–Trinajstić information content (AvgIpc) is 3.06. The van der Waals surface area contributed by atoms with Crippen molar-refractivity contribution >= 4 is 29.0 Å². The van der Waals surface area contributed by atoms with E-state index in [-0.39, 0.29) is 12.1 Å².